The van der Waals surface area contributed by atoms with Crippen molar-refractivity contribution in [3.05, 3.63) is 57.6 Å². The summed E-state index contributed by atoms with van der Waals surface area (Å²) in [6, 6.07) is 10.8. The molecule has 1 amide bonds. The third kappa shape index (κ3) is 3.73. The average molecular weight is 338 g/mol. The van der Waals surface area contributed by atoms with E-state index in [0.29, 0.717) is 21.5 Å². The van der Waals surface area contributed by atoms with E-state index < -0.39 is 6.10 Å². The lowest BCUT2D eigenvalue weighted by Crippen LogP contribution is -2.30. The Hall–Kier alpha value is -1.71. The van der Waals surface area contributed by atoms with Crippen LogP contribution in [-0.4, -0.2) is 12.0 Å². The first-order chi connectivity index (χ1) is 10.4. The van der Waals surface area contributed by atoms with E-state index in [9.17, 15) is 4.79 Å². The summed E-state index contributed by atoms with van der Waals surface area (Å²) in [6.45, 7) is 5.65. The van der Waals surface area contributed by atoms with Crippen LogP contribution in [0.3, 0.4) is 0 Å². The number of carbonyl (C=O) groups excluding carboxylic acids is 1. The van der Waals surface area contributed by atoms with Crippen molar-refractivity contribution < 1.29 is 9.53 Å². The van der Waals surface area contributed by atoms with E-state index in [1.807, 2.05) is 32.0 Å². The van der Waals surface area contributed by atoms with E-state index in [1.54, 1.807) is 25.1 Å². The monoisotopic (exact) mass is 337 g/mol. The maximum Gasteiger partial charge on any atom is 0.265 e. The molecule has 0 radical (unpaired) electrons. The molecule has 0 unspecified atom stereocenters. The lowest BCUT2D eigenvalue weighted by atomic mass is 10.1. The minimum Gasteiger partial charge on any atom is -0.481 e. The van der Waals surface area contributed by atoms with Gasteiger partial charge in [-0.05, 0) is 50.1 Å². The molecule has 2 aromatic carbocycles. The van der Waals surface area contributed by atoms with Crippen LogP contribution in [0.5, 0.6) is 5.75 Å². The summed E-state index contributed by atoms with van der Waals surface area (Å²) in [7, 11) is 0. The minimum absolute atomic E-state index is 0.287. The van der Waals surface area contributed by atoms with Gasteiger partial charge in [0.15, 0.2) is 6.10 Å². The molecule has 0 aliphatic heterocycles. The average Bonchev–Trinajstić information content (AvgIpc) is 2.48. The standard InChI is InChI=1S/C17H17Cl2NO2/c1-10-6-4-9-15(11(10)2)22-12(3)17(21)20-14-8-5-7-13(18)16(14)19/h4-9,12H,1-3H3,(H,20,21)/t12-/m0/s1. The third-order valence-electron chi connectivity index (χ3n) is 3.44. The van der Waals surface area contributed by atoms with E-state index in [-0.39, 0.29) is 5.91 Å². The number of hydrogen-bond acceptors (Lipinski definition) is 2. The first-order valence-corrected chi connectivity index (χ1v) is 7.63. The largest absolute Gasteiger partial charge is 0.481 e. The molecule has 0 aromatic heterocycles. The SMILES string of the molecule is Cc1cccc(O[C@@H](C)C(=O)Nc2cccc(Cl)c2Cl)c1C. The van der Waals surface area contributed by atoms with Gasteiger partial charge in [0.05, 0.1) is 15.7 Å². The van der Waals surface area contributed by atoms with Crippen molar-refractivity contribution in [2.45, 2.75) is 26.9 Å². The Morgan fingerprint density at radius 1 is 1.14 bits per heavy atom. The van der Waals surface area contributed by atoms with Crippen molar-refractivity contribution in [2.75, 3.05) is 5.32 Å². The number of halogens is 2. The first-order valence-electron chi connectivity index (χ1n) is 6.88. The normalized spacial score (nSPS) is 11.9. The van der Waals surface area contributed by atoms with Gasteiger partial charge < -0.3 is 10.1 Å². The number of amides is 1. The molecular formula is C17H17Cl2NO2. The van der Waals surface area contributed by atoms with Gasteiger partial charge in [-0.2, -0.15) is 0 Å². The van der Waals surface area contributed by atoms with Crippen molar-refractivity contribution in [1.82, 2.24) is 0 Å². The highest BCUT2D eigenvalue weighted by molar-refractivity contribution is 6.44. The van der Waals surface area contributed by atoms with Crippen LogP contribution in [0.4, 0.5) is 5.69 Å². The Bertz CT molecular complexity index is 701. The molecule has 0 saturated carbocycles. The smallest absolute Gasteiger partial charge is 0.265 e. The molecule has 2 aromatic rings. The number of anilines is 1. The second-order valence-electron chi connectivity index (χ2n) is 5.05. The molecule has 0 bridgehead atoms. The van der Waals surface area contributed by atoms with Crippen LogP contribution in [0.25, 0.3) is 0 Å². The van der Waals surface area contributed by atoms with Gasteiger partial charge in [-0.1, -0.05) is 41.4 Å². The van der Waals surface area contributed by atoms with Crippen molar-refractivity contribution in [3.8, 4) is 5.75 Å². The van der Waals surface area contributed by atoms with Crippen molar-refractivity contribution in [2.24, 2.45) is 0 Å². The Morgan fingerprint density at radius 3 is 2.55 bits per heavy atom. The van der Waals surface area contributed by atoms with Crippen LogP contribution in [0.1, 0.15) is 18.1 Å². The van der Waals surface area contributed by atoms with Gasteiger partial charge in [0.1, 0.15) is 5.75 Å². The molecular weight excluding hydrogens is 321 g/mol. The van der Waals surface area contributed by atoms with E-state index in [1.165, 1.54) is 0 Å². The molecule has 1 atom stereocenters. The van der Waals surface area contributed by atoms with E-state index >= 15 is 0 Å². The fourth-order valence-electron chi connectivity index (χ4n) is 1.93. The van der Waals surface area contributed by atoms with Crippen LogP contribution in [0, 0.1) is 13.8 Å². The number of ether oxygens (including phenoxy) is 1. The van der Waals surface area contributed by atoms with Crippen LogP contribution >= 0.6 is 23.2 Å². The summed E-state index contributed by atoms with van der Waals surface area (Å²) in [5, 5.41) is 3.43. The highest BCUT2D eigenvalue weighted by Gasteiger charge is 2.17. The summed E-state index contributed by atoms with van der Waals surface area (Å²) in [4.78, 5) is 12.2. The molecule has 116 valence electrons. The lowest BCUT2D eigenvalue weighted by Gasteiger charge is -2.17. The fraction of sp³-hybridized carbons (Fsp3) is 0.235. The van der Waals surface area contributed by atoms with E-state index in [4.69, 9.17) is 27.9 Å². The maximum atomic E-state index is 12.2. The third-order valence-corrected chi connectivity index (χ3v) is 4.26. The summed E-state index contributed by atoms with van der Waals surface area (Å²) >= 11 is 12.0. The molecule has 0 heterocycles. The zero-order chi connectivity index (χ0) is 16.3. The Labute approximate surface area is 140 Å². The number of benzene rings is 2. The van der Waals surface area contributed by atoms with E-state index in [0.717, 1.165) is 11.1 Å². The molecule has 2 rings (SSSR count). The summed E-state index contributed by atoms with van der Waals surface area (Å²) < 4.78 is 5.74. The number of aryl methyl sites for hydroxylation is 1. The topological polar surface area (TPSA) is 38.3 Å². The van der Waals surface area contributed by atoms with Crippen LogP contribution in [0.15, 0.2) is 36.4 Å². The van der Waals surface area contributed by atoms with Crippen molar-refractivity contribution in [1.29, 1.82) is 0 Å². The Morgan fingerprint density at radius 2 is 1.82 bits per heavy atom. The number of rotatable bonds is 4. The quantitative estimate of drug-likeness (QED) is 0.850. The molecule has 3 nitrogen and oxygen atoms in total. The molecule has 22 heavy (non-hydrogen) atoms. The second-order valence-corrected chi connectivity index (χ2v) is 5.83. The molecule has 0 spiro atoms. The summed E-state index contributed by atoms with van der Waals surface area (Å²) in [6.07, 6.45) is -0.657. The van der Waals surface area contributed by atoms with Gasteiger partial charge >= 0.3 is 0 Å². The van der Waals surface area contributed by atoms with Crippen LogP contribution in [-0.2, 0) is 4.79 Å². The molecule has 5 heteroatoms. The van der Waals surface area contributed by atoms with Crippen molar-refractivity contribution >= 4 is 34.8 Å². The molecule has 0 aliphatic carbocycles. The number of carbonyl (C=O) groups is 1. The lowest BCUT2D eigenvalue weighted by molar-refractivity contribution is -0.122. The molecule has 0 saturated heterocycles. The zero-order valence-corrected chi connectivity index (χ0v) is 14.1. The van der Waals surface area contributed by atoms with Gasteiger partial charge in [0.2, 0.25) is 0 Å². The summed E-state index contributed by atoms with van der Waals surface area (Å²) in [5.74, 6) is 0.407. The van der Waals surface area contributed by atoms with Gasteiger partial charge in [-0.3, -0.25) is 4.79 Å². The van der Waals surface area contributed by atoms with Gasteiger partial charge in [-0.25, -0.2) is 0 Å². The Kier molecular flexibility index (Phi) is 5.33. The number of nitrogens with one attached hydrogen (secondary N) is 1. The van der Waals surface area contributed by atoms with Gasteiger partial charge in [-0.15, -0.1) is 0 Å². The first kappa shape index (κ1) is 16.7. The minimum atomic E-state index is -0.657. The fourth-order valence-corrected chi connectivity index (χ4v) is 2.28. The van der Waals surface area contributed by atoms with Crippen LogP contribution < -0.4 is 10.1 Å². The number of hydrogen-bond donors (Lipinski definition) is 1. The predicted octanol–water partition coefficient (Wildman–Crippen LogP) is 5.02. The Balaban J connectivity index is 2.09. The van der Waals surface area contributed by atoms with E-state index in [2.05, 4.69) is 5.32 Å². The predicted molar refractivity (Wildman–Crippen MR) is 91.1 cm³/mol. The van der Waals surface area contributed by atoms with Gasteiger partial charge in [0, 0.05) is 0 Å². The summed E-state index contributed by atoms with van der Waals surface area (Å²) in [5.41, 5.74) is 2.60. The maximum absolute atomic E-state index is 12.2. The zero-order valence-electron chi connectivity index (χ0n) is 12.6. The van der Waals surface area contributed by atoms with Crippen LogP contribution in [0.2, 0.25) is 10.0 Å². The second kappa shape index (κ2) is 7.03. The van der Waals surface area contributed by atoms with Crippen molar-refractivity contribution in [3.63, 3.8) is 0 Å². The molecule has 0 aliphatic rings. The highest BCUT2D eigenvalue weighted by atomic mass is 35.5. The molecule has 0 fully saturated rings. The van der Waals surface area contributed by atoms with Gasteiger partial charge in [0.25, 0.3) is 5.91 Å². The highest BCUT2D eigenvalue weighted by Crippen LogP contribution is 2.30. The molecule has 1 N–H and O–H groups in total.